The first-order valence-corrected chi connectivity index (χ1v) is 7.70. The lowest BCUT2D eigenvalue weighted by Crippen LogP contribution is -2.14. The number of rotatable bonds is 5. The topological polar surface area (TPSA) is 81.5 Å². The molecule has 23 heavy (non-hydrogen) atoms. The van der Waals surface area contributed by atoms with Crippen molar-refractivity contribution in [1.82, 2.24) is 0 Å². The van der Waals surface area contributed by atoms with Gasteiger partial charge in [-0.3, -0.25) is 14.9 Å². The van der Waals surface area contributed by atoms with E-state index in [1.807, 2.05) is 6.92 Å². The van der Waals surface area contributed by atoms with Crippen LogP contribution in [-0.4, -0.2) is 17.4 Å². The summed E-state index contributed by atoms with van der Waals surface area (Å²) in [5.41, 5.74) is 1.50. The molecule has 2 aromatic rings. The van der Waals surface area contributed by atoms with E-state index < -0.39 is 4.92 Å². The van der Waals surface area contributed by atoms with Crippen molar-refractivity contribution in [3.05, 3.63) is 62.1 Å². The van der Waals surface area contributed by atoms with E-state index >= 15 is 0 Å². The molecule has 120 valence electrons. The summed E-state index contributed by atoms with van der Waals surface area (Å²) in [6.45, 7) is 3.98. The Bertz CT molecular complexity index is 762. The highest BCUT2D eigenvalue weighted by Gasteiger charge is 2.15. The van der Waals surface area contributed by atoms with E-state index in [2.05, 4.69) is 21.2 Å². The minimum atomic E-state index is -0.472. The van der Waals surface area contributed by atoms with Crippen molar-refractivity contribution in [1.29, 1.82) is 0 Å². The number of nitro benzene ring substituents is 1. The van der Waals surface area contributed by atoms with Gasteiger partial charge in [0.25, 0.3) is 11.6 Å². The molecule has 0 atom stereocenters. The van der Waals surface area contributed by atoms with Crippen molar-refractivity contribution in [2.24, 2.45) is 0 Å². The van der Waals surface area contributed by atoms with Crippen LogP contribution in [0.15, 0.2) is 40.9 Å². The Labute approximate surface area is 141 Å². The van der Waals surface area contributed by atoms with Gasteiger partial charge in [0.1, 0.15) is 5.75 Å². The van der Waals surface area contributed by atoms with Crippen molar-refractivity contribution in [2.75, 3.05) is 11.9 Å². The molecular weight excluding hydrogens is 364 g/mol. The molecule has 0 aromatic heterocycles. The lowest BCUT2D eigenvalue weighted by atomic mass is 10.1. The van der Waals surface area contributed by atoms with Gasteiger partial charge in [0.15, 0.2) is 0 Å². The third-order valence-corrected chi connectivity index (χ3v) is 3.65. The highest BCUT2D eigenvalue weighted by molar-refractivity contribution is 9.10. The van der Waals surface area contributed by atoms with Gasteiger partial charge in [0, 0.05) is 22.3 Å². The molecule has 0 unspecified atom stereocenters. The molecule has 0 aliphatic rings. The number of anilines is 1. The van der Waals surface area contributed by atoms with Gasteiger partial charge in [0.05, 0.1) is 17.1 Å². The molecule has 1 N–H and O–H groups in total. The van der Waals surface area contributed by atoms with Crippen molar-refractivity contribution < 1.29 is 14.5 Å². The van der Waals surface area contributed by atoms with Crippen LogP contribution in [0.5, 0.6) is 5.75 Å². The van der Waals surface area contributed by atoms with Crippen LogP contribution in [-0.2, 0) is 0 Å². The summed E-state index contributed by atoms with van der Waals surface area (Å²) < 4.78 is 6.22. The Hall–Kier alpha value is -2.41. The molecular formula is C16H15BrN2O4. The van der Waals surface area contributed by atoms with Crippen LogP contribution in [0.3, 0.4) is 0 Å². The summed E-state index contributed by atoms with van der Waals surface area (Å²) in [5.74, 6) is 0.138. The van der Waals surface area contributed by atoms with Crippen LogP contribution in [0.25, 0.3) is 0 Å². The minimum Gasteiger partial charge on any atom is -0.493 e. The smallest absolute Gasteiger partial charge is 0.269 e. The summed E-state index contributed by atoms with van der Waals surface area (Å²) in [5, 5.41) is 13.5. The number of non-ortho nitro benzene ring substituents is 1. The summed E-state index contributed by atoms with van der Waals surface area (Å²) in [7, 11) is 0. The second-order valence-corrected chi connectivity index (χ2v) is 5.70. The lowest BCUT2D eigenvalue weighted by Gasteiger charge is -2.12. The molecule has 0 aliphatic heterocycles. The van der Waals surface area contributed by atoms with Crippen molar-refractivity contribution in [3.63, 3.8) is 0 Å². The van der Waals surface area contributed by atoms with E-state index in [-0.39, 0.29) is 11.6 Å². The molecule has 6 nitrogen and oxygen atoms in total. The van der Waals surface area contributed by atoms with Crippen LogP contribution < -0.4 is 10.1 Å². The van der Waals surface area contributed by atoms with Crippen LogP contribution in [0.2, 0.25) is 0 Å². The van der Waals surface area contributed by atoms with E-state index in [0.717, 1.165) is 4.47 Å². The van der Waals surface area contributed by atoms with Crippen molar-refractivity contribution in [2.45, 2.75) is 13.8 Å². The maximum absolute atomic E-state index is 12.5. The van der Waals surface area contributed by atoms with Crippen molar-refractivity contribution >= 4 is 33.2 Å². The van der Waals surface area contributed by atoms with Crippen LogP contribution in [0, 0.1) is 17.0 Å². The van der Waals surface area contributed by atoms with Crippen LogP contribution in [0.1, 0.15) is 22.8 Å². The molecule has 2 rings (SSSR count). The Morgan fingerprint density at radius 3 is 2.65 bits per heavy atom. The number of benzene rings is 2. The van der Waals surface area contributed by atoms with Gasteiger partial charge in [0.2, 0.25) is 0 Å². The number of hydrogen-bond donors (Lipinski definition) is 1. The molecule has 2 aromatic carbocycles. The molecule has 0 saturated heterocycles. The number of halogens is 1. The first kappa shape index (κ1) is 17.0. The first-order chi connectivity index (χ1) is 10.9. The number of hydrogen-bond acceptors (Lipinski definition) is 4. The van der Waals surface area contributed by atoms with Crippen molar-refractivity contribution in [3.8, 4) is 5.75 Å². The molecule has 7 heteroatoms. The maximum Gasteiger partial charge on any atom is 0.269 e. The van der Waals surface area contributed by atoms with Gasteiger partial charge in [-0.25, -0.2) is 0 Å². The molecule has 0 bridgehead atoms. The summed E-state index contributed by atoms with van der Waals surface area (Å²) in [4.78, 5) is 22.8. The Morgan fingerprint density at radius 2 is 2.04 bits per heavy atom. The van der Waals surface area contributed by atoms with Crippen LogP contribution >= 0.6 is 15.9 Å². The predicted molar refractivity (Wildman–Crippen MR) is 91.1 cm³/mol. The predicted octanol–water partition coefficient (Wildman–Crippen LogP) is 4.32. The third kappa shape index (κ3) is 4.07. The number of ether oxygens (including phenoxy) is 1. The average Bonchev–Trinajstić information content (AvgIpc) is 2.51. The number of nitrogens with zero attached hydrogens (tertiary/aromatic N) is 1. The molecule has 0 spiro atoms. The highest BCUT2D eigenvalue weighted by atomic mass is 79.9. The average molecular weight is 379 g/mol. The fourth-order valence-electron chi connectivity index (χ4n) is 2.05. The molecule has 0 fully saturated rings. The van der Waals surface area contributed by atoms with Gasteiger partial charge >= 0.3 is 0 Å². The number of carbonyl (C=O) groups is 1. The number of aryl methyl sites for hydroxylation is 1. The third-order valence-electron chi connectivity index (χ3n) is 3.16. The van der Waals surface area contributed by atoms with E-state index in [0.29, 0.717) is 29.2 Å². The summed E-state index contributed by atoms with van der Waals surface area (Å²) in [6, 6.07) is 9.46. The largest absolute Gasteiger partial charge is 0.493 e. The van der Waals surface area contributed by atoms with E-state index in [1.54, 1.807) is 25.1 Å². The van der Waals surface area contributed by atoms with Gasteiger partial charge < -0.3 is 10.1 Å². The first-order valence-electron chi connectivity index (χ1n) is 6.91. The second-order valence-electron chi connectivity index (χ2n) is 4.78. The molecule has 0 radical (unpaired) electrons. The van der Waals surface area contributed by atoms with E-state index in [9.17, 15) is 14.9 Å². The second kappa shape index (κ2) is 7.23. The monoisotopic (exact) mass is 378 g/mol. The zero-order valence-electron chi connectivity index (χ0n) is 12.6. The molecule has 0 heterocycles. The van der Waals surface area contributed by atoms with E-state index in [4.69, 9.17) is 4.74 Å². The zero-order valence-corrected chi connectivity index (χ0v) is 14.2. The quantitative estimate of drug-likeness (QED) is 0.620. The minimum absolute atomic E-state index is 0.0158. The zero-order chi connectivity index (χ0) is 17.0. The summed E-state index contributed by atoms with van der Waals surface area (Å²) in [6.07, 6.45) is 0. The van der Waals surface area contributed by atoms with Gasteiger partial charge in [-0.05, 0) is 43.7 Å². The van der Waals surface area contributed by atoms with Gasteiger partial charge in [-0.2, -0.15) is 0 Å². The number of carbonyl (C=O) groups excluding carboxylic acids is 1. The SMILES string of the molecule is CCOc1ccc(Br)cc1C(=O)Nc1ccc([N+](=O)[O-])cc1C. The number of nitro groups is 1. The molecule has 0 saturated carbocycles. The van der Waals surface area contributed by atoms with Gasteiger partial charge in [-0.1, -0.05) is 15.9 Å². The van der Waals surface area contributed by atoms with Crippen LogP contribution in [0.4, 0.5) is 11.4 Å². The normalized spacial score (nSPS) is 10.2. The summed E-state index contributed by atoms with van der Waals surface area (Å²) >= 11 is 3.33. The Morgan fingerprint density at radius 1 is 1.30 bits per heavy atom. The van der Waals surface area contributed by atoms with E-state index in [1.165, 1.54) is 18.2 Å². The number of amides is 1. The lowest BCUT2D eigenvalue weighted by molar-refractivity contribution is -0.384. The molecule has 1 amide bonds. The standard InChI is InChI=1S/C16H15BrN2O4/c1-3-23-15-7-4-11(17)9-13(15)16(20)18-14-6-5-12(19(21)22)8-10(14)2/h4-9H,3H2,1-2H3,(H,18,20). The Balaban J connectivity index is 2.29. The number of nitrogens with one attached hydrogen (secondary N) is 1. The fraction of sp³-hybridized carbons (Fsp3) is 0.188. The maximum atomic E-state index is 12.5. The van der Waals surface area contributed by atoms with Gasteiger partial charge in [-0.15, -0.1) is 0 Å². The molecule has 0 aliphatic carbocycles. The fourth-order valence-corrected chi connectivity index (χ4v) is 2.41. The highest BCUT2D eigenvalue weighted by Crippen LogP contribution is 2.26. The Kier molecular flexibility index (Phi) is 5.33.